The van der Waals surface area contributed by atoms with E-state index in [0.29, 0.717) is 5.75 Å². The lowest BCUT2D eigenvalue weighted by molar-refractivity contribution is -0.119. The van der Waals surface area contributed by atoms with Crippen LogP contribution in [0.5, 0.6) is 11.5 Å². The fraction of sp³-hybridized carbons (Fsp3) is 0.111. The van der Waals surface area contributed by atoms with E-state index in [1.54, 1.807) is 30.3 Å². The summed E-state index contributed by atoms with van der Waals surface area (Å²) in [7, 11) is -1.24. The molecule has 0 atom stereocenters. The van der Waals surface area contributed by atoms with Gasteiger partial charge in [0.05, 0.1) is 31.0 Å². The van der Waals surface area contributed by atoms with Crippen molar-refractivity contribution in [3.63, 3.8) is 0 Å². The molecule has 0 bridgehead atoms. The van der Waals surface area contributed by atoms with Crippen molar-refractivity contribution in [1.82, 2.24) is 5.43 Å². The molecule has 4 aromatic rings. The highest BCUT2D eigenvalue weighted by Gasteiger charge is 2.29. The molecule has 0 aliphatic carbocycles. The number of hydrazone groups is 1. The van der Waals surface area contributed by atoms with Crippen LogP contribution in [-0.2, 0) is 14.8 Å². The smallest absolute Gasteiger partial charge is 0.264 e. The average molecular weight is 504 g/mol. The van der Waals surface area contributed by atoms with E-state index in [9.17, 15) is 13.2 Å². The number of nitrogens with zero attached hydrogens (tertiary/aromatic N) is 2. The Morgan fingerprint density at radius 3 is 2.39 bits per heavy atom. The number of ether oxygens (including phenoxy) is 2. The average Bonchev–Trinajstić information content (AvgIpc) is 2.92. The Bertz CT molecular complexity index is 1500. The lowest BCUT2D eigenvalue weighted by atomic mass is 10.1. The molecule has 8 nitrogen and oxygen atoms in total. The van der Waals surface area contributed by atoms with Crippen molar-refractivity contribution in [2.45, 2.75) is 4.90 Å². The lowest BCUT2D eigenvalue weighted by Gasteiger charge is -2.25. The quantitative estimate of drug-likeness (QED) is 0.273. The maximum Gasteiger partial charge on any atom is 0.264 e. The Kier molecular flexibility index (Phi) is 7.50. The highest BCUT2D eigenvalue weighted by molar-refractivity contribution is 7.92. The number of carbonyl (C=O) groups is 1. The fourth-order valence-corrected chi connectivity index (χ4v) is 5.16. The second-order valence-corrected chi connectivity index (χ2v) is 9.59. The number of nitrogens with one attached hydrogen (secondary N) is 1. The number of hydrogen-bond donors (Lipinski definition) is 1. The first-order chi connectivity index (χ1) is 17.4. The summed E-state index contributed by atoms with van der Waals surface area (Å²) in [6, 6.07) is 26.2. The monoisotopic (exact) mass is 503 g/mol. The van der Waals surface area contributed by atoms with Gasteiger partial charge in [-0.3, -0.25) is 9.10 Å². The maximum atomic E-state index is 13.6. The van der Waals surface area contributed by atoms with Crippen LogP contribution in [0.2, 0.25) is 0 Å². The van der Waals surface area contributed by atoms with E-state index >= 15 is 0 Å². The van der Waals surface area contributed by atoms with Gasteiger partial charge in [0.2, 0.25) is 0 Å². The van der Waals surface area contributed by atoms with Gasteiger partial charge in [-0.05, 0) is 35.0 Å². The summed E-state index contributed by atoms with van der Waals surface area (Å²) >= 11 is 0. The predicted molar refractivity (Wildman–Crippen MR) is 140 cm³/mol. The Labute approximate surface area is 209 Å². The van der Waals surface area contributed by atoms with Crippen LogP contribution in [0, 0.1) is 0 Å². The third kappa shape index (κ3) is 5.31. The van der Waals surface area contributed by atoms with Gasteiger partial charge in [0, 0.05) is 11.6 Å². The van der Waals surface area contributed by atoms with Crippen LogP contribution in [0.25, 0.3) is 10.8 Å². The summed E-state index contributed by atoms with van der Waals surface area (Å²) in [6.45, 7) is -0.534. The van der Waals surface area contributed by atoms with Gasteiger partial charge >= 0.3 is 0 Å². The molecule has 0 radical (unpaired) electrons. The second-order valence-electron chi connectivity index (χ2n) is 7.72. The minimum Gasteiger partial charge on any atom is -0.497 e. The summed E-state index contributed by atoms with van der Waals surface area (Å²) < 4.78 is 38.8. The molecule has 0 saturated heterocycles. The summed E-state index contributed by atoms with van der Waals surface area (Å²) in [4.78, 5) is 12.9. The van der Waals surface area contributed by atoms with Gasteiger partial charge < -0.3 is 9.47 Å². The minimum absolute atomic E-state index is 0.0296. The predicted octanol–water partition coefficient (Wildman–Crippen LogP) is 4.20. The zero-order chi connectivity index (χ0) is 25.5. The molecule has 184 valence electrons. The van der Waals surface area contributed by atoms with Gasteiger partial charge in [0.15, 0.2) is 0 Å². The molecule has 0 heterocycles. The molecule has 4 rings (SSSR count). The van der Waals surface area contributed by atoms with Gasteiger partial charge in [-0.15, -0.1) is 0 Å². The number of amides is 1. The normalized spacial score (nSPS) is 11.4. The molecule has 0 spiro atoms. The van der Waals surface area contributed by atoms with E-state index in [1.165, 1.54) is 38.6 Å². The van der Waals surface area contributed by atoms with Gasteiger partial charge in [-0.2, -0.15) is 5.10 Å². The lowest BCUT2D eigenvalue weighted by Crippen LogP contribution is -2.39. The zero-order valence-electron chi connectivity index (χ0n) is 19.8. The first-order valence-electron chi connectivity index (χ1n) is 11.0. The Morgan fingerprint density at radius 2 is 1.64 bits per heavy atom. The minimum atomic E-state index is -4.13. The molecular weight excluding hydrogens is 478 g/mol. The fourth-order valence-electron chi connectivity index (χ4n) is 3.71. The van der Waals surface area contributed by atoms with Crippen molar-refractivity contribution in [3.8, 4) is 11.5 Å². The maximum absolute atomic E-state index is 13.6. The van der Waals surface area contributed by atoms with E-state index < -0.39 is 22.5 Å². The third-order valence-corrected chi connectivity index (χ3v) is 7.26. The third-order valence-electron chi connectivity index (χ3n) is 5.49. The zero-order valence-corrected chi connectivity index (χ0v) is 20.6. The van der Waals surface area contributed by atoms with E-state index in [-0.39, 0.29) is 16.3 Å². The number of methoxy groups -OCH3 is 2. The molecule has 4 aromatic carbocycles. The van der Waals surface area contributed by atoms with Crippen LogP contribution >= 0.6 is 0 Å². The summed E-state index contributed by atoms with van der Waals surface area (Å²) in [5.74, 6) is 0.0478. The molecule has 0 aromatic heterocycles. The molecule has 0 aliphatic heterocycles. The van der Waals surface area contributed by atoms with Crippen molar-refractivity contribution in [1.29, 1.82) is 0 Å². The number of anilines is 1. The number of rotatable bonds is 9. The Balaban J connectivity index is 1.64. The first-order valence-corrected chi connectivity index (χ1v) is 12.5. The number of carbonyl (C=O) groups excluding carboxylic acids is 1. The largest absolute Gasteiger partial charge is 0.497 e. The van der Waals surface area contributed by atoms with Crippen LogP contribution in [0.4, 0.5) is 5.69 Å². The topological polar surface area (TPSA) is 97.3 Å². The number of benzene rings is 4. The van der Waals surface area contributed by atoms with Gasteiger partial charge in [-0.25, -0.2) is 13.8 Å². The summed E-state index contributed by atoms with van der Waals surface area (Å²) in [5, 5.41) is 6.09. The molecule has 0 saturated carbocycles. The highest BCUT2D eigenvalue weighted by atomic mass is 32.2. The SMILES string of the molecule is COc1ccc(OC)c(N(CC(=O)N/N=C\c2cccc3ccccc23)S(=O)(=O)c2ccccc2)c1. The van der Waals surface area contributed by atoms with Crippen molar-refractivity contribution in [2.24, 2.45) is 5.10 Å². The van der Waals surface area contributed by atoms with Gasteiger partial charge in [0.25, 0.3) is 15.9 Å². The molecule has 1 amide bonds. The van der Waals surface area contributed by atoms with Crippen LogP contribution in [0.1, 0.15) is 5.56 Å². The number of fused-ring (bicyclic) bond motifs is 1. The molecule has 0 fully saturated rings. The molecule has 0 aliphatic rings. The van der Waals surface area contributed by atoms with Crippen LogP contribution in [0.3, 0.4) is 0 Å². The Hall–Kier alpha value is -4.37. The van der Waals surface area contributed by atoms with Crippen molar-refractivity contribution >= 4 is 38.6 Å². The van der Waals surface area contributed by atoms with Gasteiger partial charge in [-0.1, -0.05) is 60.7 Å². The van der Waals surface area contributed by atoms with E-state index in [2.05, 4.69) is 10.5 Å². The van der Waals surface area contributed by atoms with E-state index in [0.717, 1.165) is 20.6 Å². The standard InChI is InChI=1S/C27H25N3O5S/c1-34-22-15-16-26(35-2)25(17-22)30(36(32,33)23-12-4-3-5-13-23)19-27(31)29-28-18-21-11-8-10-20-9-6-7-14-24(20)21/h3-18H,19H2,1-2H3,(H,29,31)/b28-18-. The van der Waals surface area contributed by atoms with Crippen molar-refractivity contribution < 1.29 is 22.7 Å². The summed E-state index contributed by atoms with van der Waals surface area (Å²) in [6.07, 6.45) is 1.53. The summed E-state index contributed by atoms with van der Waals surface area (Å²) in [5.41, 5.74) is 3.42. The van der Waals surface area contributed by atoms with Crippen molar-refractivity contribution in [2.75, 3.05) is 25.1 Å². The highest BCUT2D eigenvalue weighted by Crippen LogP contribution is 2.35. The van der Waals surface area contributed by atoms with E-state index in [4.69, 9.17) is 9.47 Å². The molecule has 1 N–H and O–H groups in total. The second kappa shape index (κ2) is 10.9. The first kappa shape index (κ1) is 24.7. The van der Waals surface area contributed by atoms with E-state index in [1.807, 2.05) is 42.5 Å². The Morgan fingerprint density at radius 1 is 0.917 bits per heavy atom. The molecule has 0 unspecified atom stereocenters. The van der Waals surface area contributed by atoms with Crippen LogP contribution in [0.15, 0.2) is 101 Å². The molecule has 36 heavy (non-hydrogen) atoms. The van der Waals surface area contributed by atoms with Gasteiger partial charge in [0.1, 0.15) is 18.0 Å². The number of hydrogen-bond acceptors (Lipinski definition) is 6. The van der Waals surface area contributed by atoms with Crippen molar-refractivity contribution in [3.05, 3.63) is 96.6 Å². The van der Waals surface area contributed by atoms with Crippen LogP contribution < -0.4 is 19.2 Å². The molecular formula is C27H25N3O5S. The number of sulfonamides is 1. The van der Waals surface area contributed by atoms with Crippen LogP contribution in [-0.4, -0.2) is 41.3 Å². The molecule has 9 heteroatoms.